The van der Waals surface area contributed by atoms with Crippen LogP contribution in [0.1, 0.15) is 18.4 Å². The van der Waals surface area contributed by atoms with Crippen molar-refractivity contribution < 1.29 is 27.5 Å². The number of nitrogens with one attached hydrogen (secondary N) is 1. The van der Waals surface area contributed by atoms with Crippen molar-refractivity contribution in [2.24, 2.45) is 5.73 Å². The zero-order chi connectivity index (χ0) is 26.6. The van der Waals surface area contributed by atoms with Crippen molar-refractivity contribution in [3.63, 3.8) is 0 Å². The number of nitrogens with zero attached hydrogens (tertiary/aromatic N) is 2. The largest absolute Gasteiger partial charge is 0.490 e. The molecule has 0 radical (unpaired) electrons. The summed E-state index contributed by atoms with van der Waals surface area (Å²) in [5.41, 5.74) is 12.0. The fraction of sp³-hybridized carbons (Fsp3) is 0.259. The third kappa shape index (κ3) is 6.52. The molecule has 6 nitrogen and oxygen atoms in total. The first-order valence-corrected chi connectivity index (χ1v) is 11.7. The number of nitrogens with two attached hydrogens (primary N) is 1. The molecule has 4 N–H and O–H groups in total. The Labute approximate surface area is 210 Å². The number of aliphatic carboxylic acids is 1. The van der Waals surface area contributed by atoms with E-state index in [-0.39, 0.29) is 5.82 Å². The van der Waals surface area contributed by atoms with Gasteiger partial charge >= 0.3 is 12.1 Å². The standard InChI is InChI=1S/C25H25FN4.C2HF3O2/c26-21-10-11-23-24(14-21)29-25(28-23)20-4-1-3-19(13-20)18-8-6-17(7-9-18)16-30-12-2-5-22(30)15-27;3-2(4,5)1(6)7/h1,3-4,6-11,13-14,22H,2,5,12,15-16,27H2,(H,28,29);(H,6,7). The third-order valence-electron chi connectivity index (χ3n) is 6.27. The zero-order valence-electron chi connectivity index (χ0n) is 19.8. The Morgan fingerprint density at radius 2 is 1.76 bits per heavy atom. The number of hydrogen-bond donors (Lipinski definition) is 3. The molecule has 0 spiro atoms. The van der Waals surface area contributed by atoms with Crippen LogP contribution < -0.4 is 5.73 Å². The number of carboxylic acid groups (broad SMARTS) is 1. The summed E-state index contributed by atoms with van der Waals surface area (Å²) in [6, 6.07) is 22.2. The van der Waals surface area contributed by atoms with Crippen LogP contribution in [-0.4, -0.2) is 51.3 Å². The number of carboxylic acids is 1. The highest BCUT2D eigenvalue weighted by Gasteiger charge is 2.38. The Morgan fingerprint density at radius 1 is 1.05 bits per heavy atom. The summed E-state index contributed by atoms with van der Waals surface area (Å²) in [5.74, 6) is -2.28. The average Bonchev–Trinajstić information content (AvgIpc) is 3.50. The van der Waals surface area contributed by atoms with E-state index in [2.05, 4.69) is 51.3 Å². The molecule has 0 bridgehead atoms. The Hall–Kier alpha value is -3.76. The summed E-state index contributed by atoms with van der Waals surface area (Å²) in [6.07, 6.45) is -2.64. The van der Waals surface area contributed by atoms with Gasteiger partial charge in [0.25, 0.3) is 0 Å². The summed E-state index contributed by atoms with van der Waals surface area (Å²) in [5, 5.41) is 7.12. The van der Waals surface area contributed by atoms with Gasteiger partial charge in [-0.3, -0.25) is 4.90 Å². The molecule has 1 fully saturated rings. The number of alkyl halides is 3. The van der Waals surface area contributed by atoms with Crippen molar-refractivity contribution in [3.05, 3.63) is 78.1 Å². The Morgan fingerprint density at radius 3 is 2.43 bits per heavy atom. The number of imidazole rings is 1. The number of benzene rings is 3. The number of fused-ring (bicyclic) bond motifs is 1. The summed E-state index contributed by atoms with van der Waals surface area (Å²) < 4.78 is 45.2. The van der Waals surface area contributed by atoms with E-state index < -0.39 is 12.1 Å². The molecule has 1 saturated heterocycles. The van der Waals surface area contributed by atoms with Crippen LogP contribution in [0.4, 0.5) is 17.6 Å². The lowest BCUT2D eigenvalue weighted by atomic mass is 10.0. The quantitative estimate of drug-likeness (QED) is 0.302. The fourth-order valence-electron chi connectivity index (χ4n) is 4.37. The van der Waals surface area contributed by atoms with Gasteiger partial charge in [0.15, 0.2) is 0 Å². The van der Waals surface area contributed by atoms with Crippen LogP contribution in [0.2, 0.25) is 0 Å². The summed E-state index contributed by atoms with van der Waals surface area (Å²) in [4.78, 5) is 19.2. The maximum absolute atomic E-state index is 13.5. The number of rotatable bonds is 5. The first kappa shape index (κ1) is 26.3. The maximum atomic E-state index is 13.5. The van der Waals surface area contributed by atoms with Crippen LogP contribution in [0.25, 0.3) is 33.5 Å². The van der Waals surface area contributed by atoms with Crippen molar-refractivity contribution in [1.82, 2.24) is 14.9 Å². The third-order valence-corrected chi connectivity index (χ3v) is 6.27. The topological polar surface area (TPSA) is 95.2 Å². The molecule has 0 saturated carbocycles. The second kappa shape index (κ2) is 11.1. The number of hydrogen-bond acceptors (Lipinski definition) is 4. The van der Waals surface area contributed by atoms with Crippen LogP contribution in [0.3, 0.4) is 0 Å². The molecule has 2 heterocycles. The smallest absolute Gasteiger partial charge is 0.475 e. The molecule has 1 unspecified atom stereocenters. The minimum Gasteiger partial charge on any atom is -0.475 e. The van der Waals surface area contributed by atoms with Crippen molar-refractivity contribution in [2.45, 2.75) is 31.6 Å². The van der Waals surface area contributed by atoms with Gasteiger partial charge in [0.1, 0.15) is 11.6 Å². The number of carbonyl (C=O) groups is 1. The molecular weight excluding hydrogens is 488 g/mol. The zero-order valence-corrected chi connectivity index (χ0v) is 19.8. The van der Waals surface area contributed by atoms with Crippen molar-refractivity contribution in [2.75, 3.05) is 13.1 Å². The predicted molar refractivity (Wildman–Crippen MR) is 133 cm³/mol. The molecular formula is C27H26F4N4O2. The predicted octanol–water partition coefficient (Wildman–Crippen LogP) is 5.59. The molecule has 0 aliphatic carbocycles. The SMILES string of the molecule is NCC1CCCN1Cc1ccc(-c2cccc(-c3nc4ccc(F)cc4[nH]3)c2)cc1.O=C(O)C(F)(F)F. The summed E-state index contributed by atoms with van der Waals surface area (Å²) >= 11 is 0. The molecule has 194 valence electrons. The molecule has 1 aromatic heterocycles. The van der Waals surface area contributed by atoms with E-state index in [1.807, 2.05) is 12.1 Å². The van der Waals surface area contributed by atoms with Crippen LogP contribution >= 0.6 is 0 Å². The lowest BCUT2D eigenvalue weighted by molar-refractivity contribution is -0.192. The van der Waals surface area contributed by atoms with Gasteiger partial charge in [-0.25, -0.2) is 14.2 Å². The van der Waals surface area contributed by atoms with E-state index >= 15 is 0 Å². The average molecular weight is 515 g/mol. The second-order valence-corrected chi connectivity index (χ2v) is 8.83. The van der Waals surface area contributed by atoms with Gasteiger partial charge in [-0.1, -0.05) is 42.5 Å². The lowest BCUT2D eigenvalue weighted by Gasteiger charge is -2.23. The summed E-state index contributed by atoms with van der Waals surface area (Å²) in [7, 11) is 0. The Balaban J connectivity index is 0.000000405. The first-order chi connectivity index (χ1) is 17.6. The van der Waals surface area contributed by atoms with Crippen LogP contribution in [0, 0.1) is 5.82 Å². The molecule has 1 aliphatic rings. The molecule has 1 atom stereocenters. The lowest BCUT2D eigenvalue weighted by Crippen LogP contribution is -2.34. The van der Waals surface area contributed by atoms with Gasteiger partial charge in [0.2, 0.25) is 0 Å². The van der Waals surface area contributed by atoms with Gasteiger partial charge in [0.05, 0.1) is 11.0 Å². The minimum absolute atomic E-state index is 0.266. The highest BCUT2D eigenvalue weighted by Crippen LogP contribution is 2.27. The van der Waals surface area contributed by atoms with E-state index in [0.717, 1.165) is 42.1 Å². The number of halogens is 4. The highest BCUT2D eigenvalue weighted by molar-refractivity contribution is 5.80. The molecule has 10 heteroatoms. The number of likely N-dealkylation sites (tertiary alicyclic amines) is 1. The Bertz CT molecular complexity index is 1370. The molecule has 4 aromatic rings. The van der Waals surface area contributed by atoms with Gasteiger partial charge in [-0.05, 0) is 60.3 Å². The van der Waals surface area contributed by atoms with E-state index in [0.29, 0.717) is 11.6 Å². The highest BCUT2D eigenvalue weighted by atomic mass is 19.4. The van der Waals surface area contributed by atoms with Crippen molar-refractivity contribution in [3.8, 4) is 22.5 Å². The molecule has 0 amide bonds. The fourth-order valence-corrected chi connectivity index (χ4v) is 4.37. The first-order valence-electron chi connectivity index (χ1n) is 11.7. The van der Waals surface area contributed by atoms with E-state index in [1.165, 1.54) is 36.1 Å². The molecule has 1 aliphatic heterocycles. The van der Waals surface area contributed by atoms with Gasteiger partial charge < -0.3 is 15.8 Å². The van der Waals surface area contributed by atoms with Gasteiger partial charge in [0, 0.05) is 24.7 Å². The minimum atomic E-state index is -5.08. The molecule has 37 heavy (non-hydrogen) atoms. The monoisotopic (exact) mass is 514 g/mol. The van der Waals surface area contributed by atoms with E-state index in [4.69, 9.17) is 15.6 Å². The van der Waals surface area contributed by atoms with Crippen LogP contribution in [0.15, 0.2) is 66.7 Å². The molecule has 5 rings (SSSR count). The van der Waals surface area contributed by atoms with E-state index in [1.54, 1.807) is 6.07 Å². The van der Waals surface area contributed by atoms with E-state index in [9.17, 15) is 17.6 Å². The van der Waals surface area contributed by atoms with Crippen LogP contribution in [-0.2, 0) is 11.3 Å². The molecule has 3 aromatic carbocycles. The Kier molecular flexibility index (Phi) is 7.89. The van der Waals surface area contributed by atoms with Crippen LogP contribution in [0.5, 0.6) is 0 Å². The number of H-pyrrole nitrogens is 1. The summed E-state index contributed by atoms with van der Waals surface area (Å²) in [6.45, 7) is 2.82. The maximum Gasteiger partial charge on any atom is 0.490 e. The van der Waals surface area contributed by atoms with Gasteiger partial charge in [-0.2, -0.15) is 13.2 Å². The second-order valence-electron chi connectivity index (χ2n) is 8.83. The number of aromatic nitrogens is 2. The van der Waals surface area contributed by atoms with Gasteiger partial charge in [-0.15, -0.1) is 0 Å². The normalized spacial score (nSPS) is 16.0. The van der Waals surface area contributed by atoms with Crippen molar-refractivity contribution >= 4 is 17.0 Å². The number of aromatic amines is 1. The van der Waals surface area contributed by atoms with Crippen molar-refractivity contribution in [1.29, 1.82) is 0 Å².